The lowest BCUT2D eigenvalue weighted by Gasteiger charge is -1.90. The molecular formula is C6H7N5OS. The Bertz CT molecular complexity index is 501. The Morgan fingerprint density at radius 1 is 1.69 bits per heavy atom. The smallest absolute Gasteiger partial charge is 0.297 e. The number of hydrogen-bond acceptors (Lipinski definition) is 5. The summed E-state index contributed by atoms with van der Waals surface area (Å²) in [4.78, 5) is 19.3. The number of nitrogen functional groups attached to an aromatic ring is 1. The first-order chi connectivity index (χ1) is 6.22. The lowest BCUT2D eigenvalue weighted by molar-refractivity contribution is 0.854. The van der Waals surface area contributed by atoms with Crippen LogP contribution in [0.15, 0.2) is 16.1 Å². The second-order valence-corrected chi connectivity index (χ2v) is 3.18. The molecule has 0 amide bonds. The zero-order valence-electron chi connectivity index (χ0n) is 6.81. The predicted octanol–water partition coefficient (Wildman–Crippen LogP) is -0.278. The molecule has 3 N–H and O–H groups in total. The van der Waals surface area contributed by atoms with Gasteiger partial charge in [0.2, 0.25) is 0 Å². The number of rotatable bonds is 1. The molecule has 2 aromatic rings. The highest BCUT2D eigenvalue weighted by atomic mass is 32.2. The van der Waals surface area contributed by atoms with E-state index in [1.165, 1.54) is 22.5 Å². The molecule has 2 aromatic heterocycles. The topological polar surface area (TPSA) is 89.1 Å². The fourth-order valence-corrected chi connectivity index (χ4v) is 1.30. The van der Waals surface area contributed by atoms with Crippen molar-refractivity contribution in [1.82, 2.24) is 19.6 Å². The van der Waals surface area contributed by atoms with E-state index in [1.54, 1.807) is 0 Å². The highest BCUT2D eigenvalue weighted by Gasteiger charge is 2.05. The molecule has 0 aliphatic rings. The van der Waals surface area contributed by atoms with Crippen LogP contribution in [0.5, 0.6) is 0 Å². The zero-order chi connectivity index (χ0) is 9.42. The van der Waals surface area contributed by atoms with Gasteiger partial charge in [0, 0.05) is 0 Å². The van der Waals surface area contributed by atoms with Crippen molar-refractivity contribution in [1.29, 1.82) is 0 Å². The van der Waals surface area contributed by atoms with Crippen molar-refractivity contribution >= 4 is 23.2 Å². The molecule has 0 radical (unpaired) electrons. The third kappa shape index (κ3) is 1.17. The van der Waals surface area contributed by atoms with Crippen molar-refractivity contribution in [3.8, 4) is 0 Å². The van der Waals surface area contributed by atoms with Gasteiger partial charge in [0.15, 0.2) is 5.16 Å². The van der Waals surface area contributed by atoms with Crippen molar-refractivity contribution in [2.24, 2.45) is 0 Å². The average molecular weight is 197 g/mol. The van der Waals surface area contributed by atoms with E-state index in [2.05, 4.69) is 15.1 Å². The molecule has 0 saturated carbocycles. The molecule has 0 aliphatic heterocycles. The van der Waals surface area contributed by atoms with Crippen molar-refractivity contribution in [3.05, 3.63) is 16.6 Å². The molecule has 0 bridgehead atoms. The Kier molecular flexibility index (Phi) is 1.73. The van der Waals surface area contributed by atoms with E-state index in [4.69, 9.17) is 5.73 Å². The molecule has 0 spiro atoms. The van der Waals surface area contributed by atoms with Gasteiger partial charge in [-0.15, -0.1) is 0 Å². The van der Waals surface area contributed by atoms with Gasteiger partial charge in [0.25, 0.3) is 11.3 Å². The SMILES string of the molecule is CSc1nc2ncc(N)c(=O)n2[nH]1. The molecule has 0 aromatic carbocycles. The fraction of sp³-hybridized carbons (Fsp3) is 0.167. The largest absolute Gasteiger partial charge is 0.393 e. The Balaban J connectivity index is 2.84. The van der Waals surface area contributed by atoms with E-state index in [0.29, 0.717) is 10.9 Å². The molecule has 7 heteroatoms. The van der Waals surface area contributed by atoms with Crippen LogP contribution in [-0.4, -0.2) is 25.8 Å². The van der Waals surface area contributed by atoms with Crippen molar-refractivity contribution in [2.45, 2.75) is 5.16 Å². The number of H-pyrrole nitrogens is 1. The van der Waals surface area contributed by atoms with E-state index in [1.807, 2.05) is 6.26 Å². The maximum atomic E-state index is 11.4. The first-order valence-electron chi connectivity index (χ1n) is 3.49. The van der Waals surface area contributed by atoms with E-state index in [-0.39, 0.29) is 11.2 Å². The standard InChI is InChI=1S/C6H7N5OS/c1-13-6-9-5-8-2-3(7)4(12)11(5)10-6/h2H,7H2,1H3,(H,8,9,10). The first-order valence-corrected chi connectivity index (χ1v) is 4.72. The van der Waals surface area contributed by atoms with Gasteiger partial charge < -0.3 is 5.73 Å². The van der Waals surface area contributed by atoms with Crippen LogP contribution in [0.2, 0.25) is 0 Å². The normalized spacial score (nSPS) is 10.8. The van der Waals surface area contributed by atoms with Crippen LogP contribution in [0.1, 0.15) is 0 Å². The van der Waals surface area contributed by atoms with Gasteiger partial charge in [-0.2, -0.15) is 9.50 Å². The first kappa shape index (κ1) is 8.11. The number of hydrogen-bond donors (Lipinski definition) is 2. The van der Waals surface area contributed by atoms with E-state index in [0.717, 1.165) is 0 Å². The van der Waals surface area contributed by atoms with Crippen molar-refractivity contribution in [3.63, 3.8) is 0 Å². The van der Waals surface area contributed by atoms with Crippen LogP contribution in [-0.2, 0) is 0 Å². The number of nitrogens with one attached hydrogen (secondary N) is 1. The summed E-state index contributed by atoms with van der Waals surface area (Å²) in [6, 6.07) is 0. The summed E-state index contributed by atoms with van der Waals surface area (Å²) >= 11 is 1.40. The summed E-state index contributed by atoms with van der Waals surface area (Å²) in [5.74, 6) is 0.337. The number of thioether (sulfide) groups is 1. The molecule has 68 valence electrons. The monoisotopic (exact) mass is 197 g/mol. The Labute approximate surface area is 77.2 Å². The molecule has 0 unspecified atom stereocenters. The Morgan fingerprint density at radius 2 is 2.46 bits per heavy atom. The summed E-state index contributed by atoms with van der Waals surface area (Å²) in [5, 5.41) is 3.40. The number of anilines is 1. The Morgan fingerprint density at radius 3 is 3.15 bits per heavy atom. The van der Waals surface area contributed by atoms with Crippen LogP contribution < -0.4 is 11.3 Å². The van der Waals surface area contributed by atoms with E-state index < -0.39 is 0 Å². The third-order valence-electron chi connectivity index (χ3n) is 1.57. The maximum Gasteiger partial charge on any atom is 0.297 e. The summed E-state index contributed by atoms with van der Waals surface area (Å²) in [6.45, 7) is 0. The minimum absolute atomic E-state index is 0.105. The van der Waals surface area contributed by atoms with Crippen LogP contribution in [0.4, 0.5) is 5.69 Å². The van der Waals surface area contributed by atoms with Gasteiger partial charge in [0.1, 0.15) is 5.69 Å². The highest BCUT2D eigenvalue weighted by molar-refractivity contribution is 7.98. The minimum Gasteiger partial charge on any atom is -0.393 e. The highest BCUT2D eigenvalue weighted by Crippen LogP contribution is 2.07. The second-order valence-electron chi connectivity index (χ2n) is 2.39. The molecular weight excluding hydrogens is 190 g/mol. The molecule has 0 atom stereocenters. The molecule has 0 aliphatic carbocycles. The van der Waals surface area contributed by atoms with Gasteiger partial charge in [-0.25, -0.2) is 4.98 Å². The summed E-state index contributed by atoms with van der Waals surface area (Å²) < 4.78 is 1.22. The van der Waals surface area contributed by atoms with Crippen molar-refractivity contribution < 1.29 is 0 Å². The zero-order valence-corrected chi connectivity index (χ0v) is 7.63. The summed E-state index contributed by atoms with van der Waals surface area (Å²) in [7, 11) is 0. The number of nitrogens with two attached hydrogens (primary N) is 1. The van der Waals surface area contributed by atoms with Crippen LogP contribution in [0, 0.1) is 0 Å². The van der Waals surface area contributed by atoms with Crippen molar-refractivity contribution in [2.75, 3.05) is 12.0 Å². The molecule has 0 fully saturated rings. The van der Waals surface area contributed by atoms with Gasteiger partial charge in [0.05, 0.1) is 6.20 Å². The summed E-state index contributed by atoms with van der Waals surface area (Å²) in [6.07, 6.45) is 3.16. The van der Waals surface area contributed by atoms with Gasteiger partial charge in [-0.05, 0) is 6.26 Å². The number of fused-ring (bicyclic) bond motifs is 1. The lowest BCUT2D eigenvalue weighted by atomic mass is 10.5. The molecule has 13 heavy (non-hydrogen) atoms. The number of nitrogens with zero attached hydrogens (tertiary/aromatic N) is 3. The lowest BCUT2D eigenvalue weighted by Crippen LogP contribution is -2.18. The quantitative estimate of drug-likeness (QED) is 0.614. The molecule has 2 heterocycles. The second kappa shape index (κ2) is 2.77. The average Bonchev–Trinajstić information content (AvgIpc) is 2.55. The predicted molar refractivity (Wildman–Crippen MR) is 49.8 cm³/mol. The Hall–Kier alpha value is -1.50. The maximum absolute atomic E-state index is 11.4. The minimum atomic E-state index is -0.321. The molecule has 2 rings (SSSR count). The molecule has 6 nitrogen and oxygen atoms in total. The molecule has 0 saturated heterocycles. The number of aromatic amines is 1. The third-order valence-corrected chi connectivity index (χ3v) is 2.14. The fourth-order valence-electron chi connectivity index (χ4n) is 0.943. The van der Waals surface area contributed by atoms with Crippen LogP contribution in [0.25, 0.3) is 5.78 Å². The van der Waals surface area contributed by atoms with Gasteiger partial charge in [-0.3, -0.25) is 9.89 Å². The van der Waals surface area contributed by atoms with E-state index >= 15 is 0 Å². The van der Waals surface area contributed by atoms with E-state index in [9.17, 15) is 4.79 Å². The van der Waals surface area contributed by atoms with Gasteiger partial charge >= 0.3 is 0 Å². The van der Waals surface area contributed by atoms with Gasteiger partial charge in [-0.1, -0.05) is 11.8 Å². The number of aromatic nitrogens is 4. The van der Waals surface area contributed by atoms with Crippen LogP contribution in [0.3, 0.4) is 0 Å². The summed E-state index contributed by atoms with van der Waals surface area (Å²) in [5.41, 5.74) is 5.17. The van der Waals surface area contributed by atoms with Crippen LogP contribution >= 0.6 is 11.8 Å².